The average Bonchev–Trinajstić information content (AvgIpc) is 3.02. The highest BCUT2D eigenvalue weighted by atomic mass is 32.2. The van der Waals surface area contributed by atoms with Gasteiger partial charge >= 0.3 is 0 Å². The monoisotopic (exact) mass is 276 g/mol. The van der Waals surface area contributed by atoms with Crippen LogP contribution in [0.15, 0.2) is 35.7 Å². The lowest BCUT2D eigenvalue weighted by molar-refractivity contribution is 0.262. The van der Waals surface area contributed by atoms with Gasteiger partial charge in [-0.05, 0) is 22.6 Å². The van der Waals surface area contributed by atoms with Gasteiger partial charge in [0.15, 0.2) is 0 Å². The van der Waals surface area contributed by atoms with Crippen molar-refractivity contribution in [2.75, 3.05) is 6.61 Å². The van der Waals surface area contributed by atoms with E-state index >= 15 is 0 Å². The van der Waals surface area contributed by atoms with Crippen LogP contribution in [-0.4, -0.2) is 41.3 Å². The van der Waals surface area contributed by atoms with Gasteiger partial charge in [-0.15, -0.1) is 5.10 Å². The molecule has 0 spiro atoms. The third-order valence-corrected chi connectivity index (χ3v) is 3.56. The number of aliphatic hydroxyl groups excluding tert-OH is 1. The van der Waals surface area contributed by atoms with Crippen LogP contribution in [-0.2, 0) is 12.3 Å². The Hall–Kier alpha value is -1.93. The summed E-state index contributed by atoms with van der Waals surface area (Å²) in [6.45, 7) is 0.424. The highest BCUT2D eigenvalue weighted by Crippen LogP contribution is 2.19. The fourth-order valence-electron chi connectivity index (χ4n) is 1.73. The number of nitrogens with zero attached hydrogens (tertiary/aromatic N) is 6. The molecule has 0 atom stereocenters. The largest absolute Gasteiger partial charge is 0.394 e. The summed E-state index contributed by atoms with van der Waals surface area (Å²) in [6.07, 6.45) is 3.95. The van der Waals surface area contributed by atoms with Crippen molar-refractivity contribution in [3.63, 3.8) is 0 Å². The van der Waals surface area contributed by atoms with E-state index in [1.807, 2.05) is 35.0 Å². The number of hydrogen-bond acceptors (Lipinski definition) is 6. The molecule has 0 unspecified atom stereocenters. The van der Waals surface area contributed by atoms with Crippen LogP contribution in [0.25, 0.3) is 5.65 Å². The Balaban J connectivity index is 1.73. The smallest absolute Gasteiger partial charge is 0.209 e. The van der Waals surface area contributed by atoms with Gasteiger partial charge in [-0.1, -0.05) is 17.8 Å². The number of fused-ring (bicyclic) bond motifs is 1. The van der Waals surface area contributed by atoms with E-state index in [9.17, 15) is 0 Å². The standard InChI is InChI=1S/C11H12N6OS/c18-6-5-17-11(13-14-15-17)19-8-9-7-16-4-2-1-3-10(16)12-9/h1-4,7,18H,5-6,8H2. The number of hydrogen-bond donors (Lipinski definition) is 1. The van der Waals surface area contributed by atoms with Crippen molar-refractivity contribution >= 4 is 17.4 Å². The zero-order chi connectivity index (χ0) is 13.1. The van der Waals surface area contributed by atoms with Gasteiger partial charge in [0, 0.05) is 18.1 Å². The summed E-state index contributed by atoms with van der Waals surface area (Å²) in [5, 5.41) is 20.9. The number of rotatable bonds is 5. The Kier molecular flexibility index (Phi) is 3.43. The molecule has 0 radical (unpaired) electrons. The fraction of sp³-hybridized carbons (Fsp3) is 0.273. The normalized spacial score (nSPS) is 11.2. The molecule has 0 amide bonds. The summed E-state index contributed by atoms with van der Waals surface area (Å²) in [4.78, 5) is 4.50. The second-order valence-corrected chi connectivity index (χ2v) is 4.84. The first-order valence-corrected chi connectivity index (χ1v) is 6.78. The Morgan fingerprint density at radius 3 is 3.11 bits per heavy atom. The number of tetrazole rings is 1. The Bertz CT molecular complexity index is 645. The van der Waals surface area contributed by atoms with Crippen LogP contribution < -0.4 is 0 Å². The summed E-state index contributed by atoms with van der Waals surface area (Å²) in [5.74, 6) is 0.688. The van der Waals surface area contributed by atoms with Crippen LogP contribution in [0.5, 0.6) is 0 Å². The molecule has 8 heteroatoms. The molecule has 3 rings (SSSR count). The molecule has 7 nitrogen and oxygen atoms in total. The highest BCUT2D eigenvalue weighted by Gasteiger charge is 2.08. The average molecular weight is 276 g/mol. The maximum Gasteiger partial charge on any atom is 0.209 e. The van der Waals surface area contributed by atoms with Crippen LogP contribution in [0.4, 0.5) is 0 Å². The van der Waals surface area contributed by atoms with Crippen molar-refractivity contribution in [1.82, 2.24) is 29.6 Å². The summed E-state index contributed by atoms with van der Waals surface area (Å²) in [7, 11) is 0. The second kappa shape index (κ2) is 5.37. The Labute approximate surface area is 113 Å². The predicted molar refractivity (Wildman–Crippen MR) is 69.7 cm³/mol. The van der Waals surface area contributed by atoms with Gasteiger partial charge < -0.3 is 9.51 Å². The summed E-state index contributed by atoms with van der Waals surface area (Å²) >= 11 is 1.50. The molecule has 0 saturated carbocycles. The second-order valence-electron chi connectivity index (χ2n) is 3.90. The first-order chi connectivity index (χ1) is 9.36. The number of imidazole rings is 1. The number of thioether (sulfide) groups is 1. The van der Waals surface area contributed by atoms with E-state index < -0.39 is 0 Å². The first-order valence-electron chi connectivity index (χ1n) is 5.79. The minimum Gasteiger partial charge on any atom is -0.394 e. The van der Waals surface area contributed by atoms with Gasteiger partial charge in [0.1, 0.15) is 5.65 Å². The van der Waals surface area contributed by atoms with Gasteiger partial charge in [0.2, 0.25) is 5.16 Å². The number of aliphatic hydroxyl groups is 1. The van der Waals surface area contributed by atoms with Crippen LogP contribution in [0, 0.1) is 0 Å². The van der Waals surface area contributed by atoms with Gasteiger partial charge in [0.25, 0.3) is 0 Å². The molecular weight excluding hydrogens is 264 g/mol. The molecule has 3 aromatic rings. The maximum absolute atomic E-state index is 8.90. The van der Waals surface area contributed by atoms with E-state index in [1.54, 1.807) is 4.68 Å². The van der Waals surface area contributed by atoms with Crippen molar-refractivity contribution in [2.24, 2.45) is 0 Å². The van der Waals surface area contributed by atoms with E-state index in [0.717, 1.165) is 11.3 Å². The van der Waals surface area contributed by atoms with Crippen molar-refractivity contribution in [2.45, 2.75) is 17.5 Å². The molecular formula is C11H12N6OS. The van der Waals surface area contributed by atoms with Crippen molar-refractivity contribution in [3.05, 3.63) is 36.3 Å². The first kappa shape index (κ1) is 12.1. The highest BCUT2D eigenvalue weighted by molar-refractivity contribution is 7.98. The molecule has 0 aliphatic heterocycles. The summed E-state index contributed by atoms with van der Waals surface area (Å²) in [5.41, 5.74) is 1.89. The van der Waals surface area contributed by atoms with Crippen molar-refractivity contribution in [3.8, 4) is 0 Å². The quantitative estimate of drug-likeness (QED) is 0.687. The summed E-state index contributed by atoms with van der Waals surface area (Å²) < 4.78 is 3.56. The maximum atomic E-state index is 8.90. The lowest BCUT2D eigenvalue weighted by Gasteiger charge is -1.99. The zero-order valence-corrected chi connectivity index (χ0v) is 10.9. The minimum absolute atomic E-state index is 0.0208. The molecule has 0 aliphatic carbocycles. The van der Waals surface area contributed by atoms with Gasteiger partial charge in [0.05, 0.1) is 18.8 Å². The van der Waals surface area contributed by atoms with E-state index in [0.29, 0.717) is 17.5 Å². The minimum atomic E-state index is 0.0208. The third-order valence-electron chi connectivity index (χ3n) is 2.57. The Morgan fingerprint density at radius 2 is 2.26 bits per heavy atom. The lowest BCUT2D eigenvalue weighted by Crippen LogP contribution is -2.05. The number of pyridine rings is 1. The number of aromatic nitrogens is 6. The summed E-state index contributed by atoms with van der Waals surface area (Å²) in [6, 6.07) is 5.89. The van der Waals surface area contributed by atoms with Gasteiger partial charge in [-0.3, -0.25) is 0 Å². The Morgan fingerprint density at radius 1 is 1.32 bits per heavy atom. The zero-order valence-electron chi connectivity index (χ0n) is 10.0. The van der Waals surface area contributed by atoms with E-state index in [-0.39, 0.29) is 6.61 Å². The SMILES string of the molecule is OCCn1nnnc1SCc1cn2ccccc2n1. The van der Waals surface area contributed by atoms with Gasteiger partial charge in [-0.2, -0.15) is 0 Å². The molecule has 0 fully saturated rings. The van der Waals surface area contributed by atoms with E-state index in [2.05, 4.69) is 20.5 Å². The van der Waals surface area contributed by atoms with E-state index in [1.165, 1.54) is 11.8 Å². The molecule has 0 saturated heterocycles. The third kappa shape index (κ3) is 2.59. The molecule has 0 aromatic carbocycles. The van der Waals surface area contributed by atoms with Crippen molar-refractivity contribution in [1.29, 1.82) is 0 Å². The molecule has 98 valence electrons. The molecule has 3 aromatic heterocycles. The van der Waals surface area contributed by atoms with Crippen molar-refractivity contribution < 1.29 is 5.11 Å². The molecule has 0 bridgehead atoms. The van der Waals surface area contributed by atoms with Crippen LogP contribution >= 0.6 is 11.8 Å². The topological polar surface area (TPSA) is 81.1 Å². The van der Waals surface area contributed by atoms with Gasteiger partial charge in [-0.25, -0.2) is 9.67 Å². The lowest BCUT2D eigenvalue weighted by atomic mass is 10.5. The van der Waals surface area contributed by atoms with Crippen LogP contribution in [0.2, 0.25) is 0 Å². The van der Waals surface area contributed by atoms with Crippen LogP contribution in [0.3, 0.4) is 0 Å². The van der Waals surface area contributed by atoms with E-state index in [4.69, 9.17) is 5.11 Å². The molecule has 1 N–H and O–H groups in total. The molecule has 3 heterocycles. The fourth-order valence-corrected chi connectivity index (χ4v) is 2.52. The molecule has 0 aliphatic rings. The molecule has 19 heavy (non-hydrogen) atoms. The van der Waals surface area contributed by atoms with Crippen LogP contribution in [0.1, 0.15) is 5.69 Å². The predicted octanol–water partition coefficient (Wildman–Crippen LogP) is 0.605.